The van der Waals surface area contributed by atoms with Crippen molar-refractivity contribution in [3.63, 3.8) is 0 Å². The molecule has 1 aromatic carbocycles. The van der Waals surface area contributed by atoms with E-state index < -0.39 is 17.5 Å². The fourth-order valence-corrected chi connectivity index (χ4v) is 2.78. The third kappa shape index (κ3) is 2.89. The largest absolute Gasteiger partial charge is 0.431 e. The van der Waals surface area contributed by atoms with E-state index in [0.717, 1.165) is 10.6 Å². The van der Waals surface area contributed by atoms with Gasteiger partial charge in [-0.2, -0.15) is 13.2 Å². The van der Waals surface area contributed by atoms with Gasteiger partial charge in [-0.1, -0.05) is 24.3 Å². The van der Waals surface area contributed by atoms with Crippen molar-refractivity contribution in [3.05, 3.63) is 58.9 Å². The minimum Gasteiger partial charge on any atom is -0.386 e. The standard InChI is InChI=1S/C18H16F3NO2/c1-17(2,24)13-5-3-11(4-6-13)12-9-15(23)14-7-8-16(18(19,20)21)22(14)10-12/h3-8,10,24H,9H2,1-2H3. The van der Waals surface area contributed by atoms with Gasteiger partial charge >= 0.3 is 6.18 Å². The maximum atomic E-state index is 13.1. The first-order valence-electron chi connectivity index (χ1n) is 7.43. The zero-order valence-electron chi connectivity index (χ0n) is 13.2. The number of carbonyl (C=O) groups is 1. The summed E-state index contributed by atoms with van der Waals surface area (Å²) in [6.07, 6.45) is -3.12. The number of benzene rings is 1. The molecule has 0 saturated heterocycles. The third-order valence-corrected chi connectivity index (χ3v) is 4.09. The summed E-state index contributed by atoms with van der Waals surface area (Å²) >= 11 is 0. The Morgan fingerprint density at radius 2 is 1.67 bits per heavy atom. The fourth-order valence-electron chi connectivity index (χ4n) is 2.78. The molecule has 0 radical (unpaired) electrons. The molecule has 2 heterocycles. The highest BCUT2D eigenvalue weighted by molar-refractivity contribution is 6.06. The number of aromatic nitrogens is 1. The van der Waals surface area contributed by atoms with Crippen LogP contribution in [0.3, 0.4) is 0 Å². The monoisotopic (exact) mass is 335 g/mol. The van der Waals surface area contributed by atoms with Gasteiger partial charge in [0.05, 0.1) is 11.3 Å². The van der Waals surface area contributed by atoms with E-state index in [-0.39, 0.29) is 17.9 Å². The van der Waals surface area contributed by atoms with Gasteiger partial charge in [0.25, 0.3) is 0 Å². The predicted molar refractivity (Wildman–Crippen MR) is 84.2 cm³/mol. The lowest BCUT2D eigenvalue weighted by molar-refractivity contribution is -0.142. The molecule has 24 heavy (non-hydrogen) atoms. The molecular formula is C18H16F3NO2. The molecule has 0 bridgehead atoms. The lowest BCUT2D eigenvalue weighted by Crippen LogP contribution is -2.18. The van der Waals surface area contributed by atoms with Gasteiger partial charge in [-0.25, -0.2) is 0 Å². The number of halogens is 3. The first kappa shape index (κ1) is 16.5. The van der Waals surface area contributed by atoms with Crippen molar-refractivity contribution >= 4 is 17.6 Å². The average molecular weight is 335 g/mol. The number of ketones is 1. The van der Waals surface area contributed by atoms with Crippen LogP contribution < -0.4 is 0 Å². The Morgan fingerprint density at radius 3 is 2.21 bits per heavy atom. The maximum Gasteiger partial charge on any atom is 0.431 e. The number of Topliss-reactive ketones (excluding diaryl/α,β-unsaturated/α-hetero) is 1. The number of hydrogen-bond acceptors (Lipinski definition) is 2. The number of hydrogen-bond donors (Lipinski definition) is 1. The summed E-state index contributed by atoms with van der Waals surface area (Å²) in [4.78, 5) is 12.2. The smallest absolute Gasteiger partial charge is 0.386 e. The molecule has 126 valence electrons. The molecule has 0 saturated carbocycles. The topological polar surface area (TPSA) is 42.2 Å². The first-order valence-corrected chi connectivity index (χ1v) is 7.43. The molecule has 1 aromatic heterocycles. The van der Waals surface area contributed by atoms with Crippen LogP contribution in [-0.4, -0.2) is 15.5 Å². The molecule has 1 aliphatic heterocycles. The van der Waals surface area contributed by atoms with Gasteiger partial charge in [0.15, 0.2) is 5.78 Å². The van der Waals surface area contributed by atoms with Crippen LogP contribution in [-0.2, 0) is 11.8 Å². The van der Waals surface area contributed by atoms with Crippen molar-refractivity contribution in [2.45, 2.75) is 32.0 Å². The minimum atomic E-state index is -4.53. The van der Waals surface area contributed by atoms with Crippen molar-refractivity contribution in [2.24, 2.45) is 0 Å². The average Bonchev–Trinajstić information content (AvgIpc) is 2.91. The van der Waals surface area contributed by atoms with Gasteiger partial charge in [-0.15, -0.1) is 0 Å². The molecule has 0 unspecified atom stereocenters. The van der Waals surface area contributed by atoms with Crippen LogP contribution in [0.4, 0.5) is 13.2 Å². The highest BCUT2D eigenvalue weighted by Gasteiger charge is 2.36. The lowest BCUT2D eigenvalue weighted by atomic mass is 9.93. The Hall–Kier alpha value is -2.34. The van der Waals surface area contributed by atoms with Gasteiger partial charge in [0.2, 0.25) is 0 Å². The zero-order chi connectivity index (χ0) is 17.7. The molecule has 6 heteroatoms. The molecule has 0 atom stereocenters. The number of nitrogens with zero attached hydrogens (tertiary/aromatic N) is 1. The van der Waals surface area contributed by atoms with Gasteiger partial charge in [-0.3, -0.25) is 4.79 Å². The van der Waals surface area contributed by atoms with E-state index >= 15 is 0 Å². The lowest BCUT2D eigenvalue weighted by Gasteiger charge is -2.20. The van der Waals surface area contributed by atoms with E-state index in [1.165, 1.54) is 12.3 Å². The Kier molecular flexibility index (Phi) is 3.68. The summed E-state index contributed by atoms with van der Waals surface area (Å²) in [6, 6.07) is 8.94. The van der Waals surface area contributed by atoms with E-state index in [4.69, 9.17) is 0 Å². The van der Waals surface area contributed by atoms with Gasteiger partial charge in [0, 0.05) is 12.6 Å². The van der Waals surface area contributed by atoms with Gasteiger partial charge in [0.1, 0.15) is 5.69 Å². The Balaban J connectivity index is 2.04. The Labute approximate surface area is 137 Å². The van der Waals surface area contributed by atoms with Crippen LogP contribution in [0.5, 0.6) is 0 Å². The van der Waals surface area contributed by atoms with Crippen LogP contribution in [0.1, 0.15) is 47.6 Å². The van der Waals surface area contributed by atoms with Gasteiger partial charge < -0.3 is 9.67 Å². The van der Waals surface area contributed by atoms with Crippen molar-refractivity contribution in [1.82, 2.24) is 4.57 Å². The second-order valence-electron chi connectivity index (χ2n) is 6.36. The van der Waals surface area contributed by atoms with E-state index in [2.05, 4.69) is 0 Å². The zero-order valence-corrected chi connectivity index (χ0v) is 13.2. The number of fused-ring (bicyclic) bond motifs is 1. The summed E-state index contributed by atoms with van der Waals surface area (Å²) in [5, 5.41) is 9.96. The molecule has 1 N–H and O–H groups in total. The summed E-state index contributed by atoms with van der Waals surface area (Å²) in [5.41, 5.74) is 0.0223. The molecule has 3 nitrogen and oxygen atoms in total. The summed E-state index contributed by atoms with van der Waals surface area (Å²) < 4.78 is 40.1. The van der Waals surface area contributed by atoms with E-state index in [0.29, 0.717) is 16.7 Å². The molecule has 2 aromatic rings. The highest BCUT2D eigenvalue weighted by Crippen LogP contribution is 2.36. The Morgan fingerprint density at radius 1 is 1.04 bits per heavy atom. The van der Waals surface area contributed by atoms with Crippen molar-refractivity contribution in [1.29, 1.82) is 0 Å². The number of aliphatic hydroxyl groups is 1. The van der Waals surface area contributed by atoms with Crippen LogP contribution in [0.25, 0.3) is 11.8 Å². The first-order chi connectivity index (χ1) is 11.1. The van der Waals surface area contributed by atoms with Crippen LogP contribution in [0.15, 0.2) is 36.4 Å². The minimum absolute atomic E-state index is 0.0409. The molecule has 3 rings (SSSR count). The van der Waals surface area contributed by atoms with Gasteiger partial charge in [-0.05, 0) is 42.7 Å². The van der Waals surface area contributed by atoms with Crippen LogP contribution in [0, 0.1) is 0 Å². The number of carbonyl (C=O) groups excluding carboxylic acids is 1. The Bertz CT molecular complexity index is 821. The molecule has 0 aliphatic carbocycles. The van der Waals surface area contributed by atoms with Crippen LogP contribution in [0.2, 0.25) is 0 Å². The summed E-state index contributed by atoms with van der Waals surface area (Å²) in [6.45, 7) is 3.29. The van der Waals surface area contributed by atoms with E-state index in [9.17, 15) is 23.1 Å². The number of rotatable bonds is 2. The highest BCUT2D eigenvalue weighted by atomic mass is 19.4. The second-order valence-corrected chi connectivity index (χ2v) is 6.36. The molecular weight excluding hydrogens is 319 g/mol. The second kappa shape index (κ2) is 5.34. The van der Waals surface area contributed by atoms with Crippen molar-refractivity contribution in [2.75, 3.05) is 0 Å². The van der Waals surface area contributed by atoms with Crippen molar-refractivity contribution < 1.29 is 23.1 Å². The van der Waals surface area contributed by atoms with Crippen molar-refractivity contribution in [3.8, 4) is 0 Å². The normalized spacial score (nSPS) is 15.2. The fraction of sp³-hybridized carbons (Fsp3) is 0.278. The molecule has 0 fully saturated rings. The molecule has 0 spiro atoms. The molecule has 0 amide bonds. The van der Waals surface area contributed by atoms with E-state index in [1.54, 1.807) is 38.1 Å². The quantitative estimate of drug-likeness (QED) is 0.888. The maximum absolute atomic E-state index is 13.1. The molecule has 1 aliphatic rings. The predicted octanol–water partition coefficient (Wildman–Crippen LogP) is 4.32. The summed E-state index contributed by atoms with van der Waals surface area (Å²) in [5.74, 6) is -0.352. The number of alkyl halides is 3. The SMILES string of the molecule is CC(C)(O)c1ccc(C2=Cn3c(ccc3C(F)(F)F)C(=O)C2)cc1. The number of allylic oxidation sites excluding steroid dienone is 1. The summed E-state index contributed by atoms with van der Waals surface area (Å²) in [7, 11) is 0. The third-order valence-electron chi connectivity index (χ3n) is 4.09. The van der Waals surface area contributed by atoms with E-state index in [1.807, 2.05) is 0 Å². The van der Waals surface area contributed by atoms with Crippen LogP contribution >= 0.6 is 0 Å².